The number of hydrogen-bond acceptors (Lipinski definition) is 5. The Labute approximate surface area is 254 Å². The van der Waals surface area contributed by atoms with Crippen molar-refractivity contribution in [2.75, 3.05) is 18.5 Å². The first-order valence-electron chi connectivity index (χ1n) is 14.6. The molecule has 2 aromatic heterocycles. The Morgan fingerprint density at radius 1 is 0.909 bits per heavy atom. The van der Waals surface area contributed by atoms with Crippen LogP contribution in [0.3, 0.4) is 0 Å². The molecule has 3 heterocycles. The average Bonchev–Trinajstić information content (AvgIpc) is 3.41. The number of amides is 1. The molecule has 1 amide bonds. The molecule has 7 rings (SSSR count). The van der Waals surface area contributed by atoms with Crippen LogP contribution in [-0.2, 0) is 6.54 Å². The van der Waals surface area contributed by atoms with Crippen LogP contribution in [0, 0.1) is 12.7 Å². The predicted molar refractivity (Wildman–Crippen MR) is 169 cm³/mol. The van der Waals surface area contributed by atoms with E-state index in [0.29, 0.717) is 29.1 Å². The maximum Gasteiger partial charge on any atom is 0.257 e. The summed E-state index contributed by atoms with van der Waals surface area (Å²) < 4.78 is 23.2. The normalized spacial score (nSPS) is 14.4. The molecule has 1 atom stereocenters. The van der Waals surface area contributed by atoms with Crippen molar-refractivity contribution in [3.63, 3.8) is 0 Å². The molecule has 4 aromatic carbocycles. The highest BCUT2D eigenvalue weighted by atomic mass is 19.1. The van der Waals surface area contributed by atoms with Crippen LogP contribution in [0.2, 0.25) is 0 Å². The highest BCUT2D eigenvalue weighted by molar-refractivity contribution is 6.02. The number of fused-ring (bicyclic) bond motifs is 2. The van der Waals surface area contributed by atoms with Crippen molar-refractivity contribution in [1.29, 1.82) is 0 Å². The fourth-order valence-corrected chi connectivity index (χ4v) is 5.72. The molecule has 0 saturated heterocycles. The number of carbonyl (C=O) groups is 1. The third-order valence-corrected chi connectivity index (χ3v) is 7.93. The van der Waals surface area contributed by atoms with E-state index in [0.717, 1.165) is 33.5 Å². The molecule has 0 saturated carbocycles. The number of carbonyl (C=O) groups excluding carboxylic acids is 1. The number of rotatable bonds is 8. The van der Waals surface area contributed by atoms with Crippen molar-refractivity contribution in [2.45, 2.75) is 19.6 Å². The third-order valence-electron chi connectivity index (χ3n) is 7.93. The summed E-state index contributed by atoms with van der Waals surface area (Å²) in [4.78, 5) is 24.4. The zero-order valence-corrected chi connectivity index (χ0v) is 24.2. The Hall–Kier alpha value is -5.50. The van der Waals surface area contributed by atoms with Gasteiger partial charge in [0.15, 0.2) is 0 Å². The topological polar surface area (TPSA) is 72.3 Å². The Kier molecular flexibility index (Phi) is 7.24. The minimum absolute atomic E-state index is 0.164. The van der Waals surface area contributed by atoms with Crippen LogP contribution in [-0.4, -0.2) is 38.5 Å². The molecule has 0 spiro atoms. The van der Waals surface area contributed by atoms with Crippen LogP contribution in [0.25, 0.3) is 22.4 Å². The summed E-state index contributed by atoms with van der Waals surface area (Å²) in [6.07, 6.45) is 2.94. The number of anilines is 1. The van der Waals surface area contributed by atoms with Crippen LogP contribution >= 0.6 is 0 Å². The van der Waals surface area contributed by atoms with Crippen molar-refractivity contribution in [2.24, 2.45) is 0 Å². The fraction of sp³-hybridized carbons (Fsp3) is 0.139. The molecule has 8 heteroatoms. The molecule has 1 unspecified atom stereocenters. The standard InChI is InChI=1S/C36H30FN5O2/c1-24-10-15-31-29(22-24)36(43)41(35(39-31)28-6-2-3-7-30(28)37)20-21-44-27-13-11-26(12-14-27)34-40-32-8-4-5-9-33(32)42(34)23-25-16-18-38-19-17-25/h2-19,22,35,39H,20-21,23H2,1H3. The largest absolute Gasteiger partial charge is 0.492 e. The van der Waals surface area contributed by atoms with E-state index in [9.17, 15) is 9.18 Å². The second kappa shape index (κ2) is 11.6. The number of nitrogens with one attached hydrogen (secondary N) is 1. The minimum Gasteiger partial charge on any atom is -0.492 e. The first-order valence-corrected chi connectivity index (χ1v) is 14.6. The van der Waals surface area contributed by atoms with E-state index in [1.54, 1.807) is 35.5 Å². The van der Waals surface area contributed by atoms with Gasteiger partial charge in [-0.3, -0.25) is 9.78 Å². The predicted octanol–water partition coefficient (Wildman–Crippen LogP) is 7.24. The van der Waals surface area contributed by atoms with Gasteiger partial charge in [-0.15, -0.1) is 0 Å². The van der Waals surface area contributed by atoms with Gasteiger partial charge in [-0.05, 0) is 79.2 Å². The summed E-state index contributed by atoms with van der Waals surface area (Å²) in [7, 11) is 0. The second-order valence-corrected chi connectivity index (χ2v) is 10.9. The van der Waals surface area contributed by atoms with Crippen LogP contribution in [0.4, 0.5) is 10.1 Å². The first-order chi connectivity index (χ1) is 21.5. The van der Waals surface area contributed by atoms with Crippen molar-refractivity contribution in [1.82, 2.24) is 19.4 Å². The summed E-state index contributed by atoms with van der Waals surface area (Å²) >= 11 is 0. The summed E-state index contributed by atoms with van der Waals surface area (Å²) in [6.45, 7) is 3.11. The average molecular weight is 584 g/mol. The number of para-hydroxylation sites is 2. The molecular weight excluding hydrogens is 553 g/mol. The van der Waals surface area contributed by atoms with Gasteiger partial charge in [0.25, 0.3) is 5.91 Å². The van der Waals surface area contributed by atoms with Crippen molar-refractivity contribution in [3.05, 3.63) is 144 Å². The SMILES string of the molecule is Cc1ccc2c(c1)C(=O)N(CCOc1ccc(-c3nc4ccccc4n3Cc3ccncc3)cc1)C(c1ccccc1F)N2. The van der Waals surface area contributed by atoms with Crippen molar-refractivity contribution < 1.29 is 13.9 Å². The highest BCUT2D eigenvalue weighted by Gasteiger charge is 2.34. The molecule has 1 N–H and O–H groups in total. The van der Waals surface area contributed by atoms with Crippen LogP contribution < -0.4 is 10.1 Å². The molecule has 0 bridgehead atoms. The van der Waals surface area contributed by atoms with E-state index in [4.69, 9.17) is 9.72 Å². The van der Waals surface area contributed by atoms with E-state index in [2.05, 4.69) is 20.9 Å². The number of aryl methyl sites for hydroxylation is 1. The number of aromatic nitrogens is 3. The monoisotopic (exact) mass is 583 g/mol. The second-order valence-electron chi connectivity index (χ2n) is 10.9. The van der Waals surface area contributed by atoms with Crippen molar-refractivity contribution in [3.8, 4) is 17.1 Å². The van der Waals surface area contributed by atoms with Gasteiger partial charge < -0.3 is 19.5 Å². The van der Waals surface area contributed by atoms with Crippen LogP contribution in [0.15, 0.2) is 116 Å². The van der Waals surface area contributed by atoms with Gasteiger partial charge in [-0.2, -0.15) is 0 Å². The number of nitrogens with zero attached hydrogens (tertiary/aromatic N) is 4. The van der Waals surface area contributed by atoms with Gasteiger partial charge in [-0.1, -0.05) is 42.0 Å². The lowest BCUT2D eigenvalue weighted by Gasteiger charge is -2.38. The lowest BCUT2D eigenvalue weighted by atomic mass is 10.0. The van der Waals surface area contributed by atoms with E-state index in [1.165, 1.54) is 6.07 Å². The number of benzene rings is 4. The maximum atomic E-state index is 14.9. The molecular formula is C36H30FN5O2. The van der Waals surface area contributed by atoms with E-state index in [1.807, 2.05) is 79.7 Å². The van der Waals surface area contributed by atoms with Crippen molar-refractivity contribution >= 4 is 22.6 Å². The zero-order chi connectivity index (χ0) is 30.0. The number of halogens is 1. The Balaban J connectivity index is 1.10. The van der Waals surface area contributed by atoms with Gasteiger partial charge in [-0.25, -0.2) is 9.37 Å². The Bertz CT molecular complexity index is 1960. The molecule has 6 aromatic rings. The summed E-state index contributed by atoms with van der Waals surface area (Å²) in [5.74, 6) is 0.996. The molecule has 1 aliphatic rings. The summed E-state index contributed by atoms with van der Waals surface area (Å²) in [5, 5.41) is 3.37. The van der Waals surface area contributed by atoms with Crippen LogP contribution in [0.1, 0.15) is 33.2 Å². The Morgan fingerprint density at radius 2 is 1.68 bits per heavy atom. The van der Waals surface area contributed by atoms with E-state index in [-0.39, 0.29) is 24.9 Å². The fourth-order valence-electron chi connectivity index (χ4n) is 5.72. The number of pyridine rings is 1. The van der Waals surface area contributed by atoms with Gasteiger partial charge in [0, 0.05) is 35.8 Å². The quantitative estimate of drug-likeness (QED) is 0.205. The molecule has 1 aliphatic heterocycles. The summed E-state index contributed by atoms with van der Waals surface area (Å²) in [6, 6.07) is 32.1. The van der Waals surface area contributed by atoms with E-state index < -0.39 is 6.17 Å². The smallest absolute Gasteiger partial charge is 0.257 e. The number of imidazole rings is 1. The van der Waals surface area contributed by atoms with E-state index >= 15 is 0 Å². The highest BCUT2D eigenvalue weighted by Crippen LogP contribution is 2.35. The number of hydrogen-bond donors (Lipinski definition) is 1. The molecule has 0 aliphatic carbocycles. The minimum atomic E-state index is -0.654. The zero-order valence-electron chi connectivity index (χ0n) is 24.2. The molecule has 0 fully saturated rings. The van der Waals surface area contributed by atoms with Gasteiger partial charge in [0.05, 0.1) is 23.1 Å². The van der Waals surface area contributed by atoms with Crippen LogP contribution in [0.5, 0.6) is 5.75 Å². The molecule has 0 radical (unpaired) electrons. The maximum absolute atomic E-state index is 14.9. The molecule has 7 nitrogen and oxygen atoms in total. The van der Waals surface area contributed by atoms with Gasteiger partial charge in [0.2, 0.25) is 0 Å². The molecule has 218 valence electrons. The van der Waals surface area contributed by atoms with Gasteiger partial charge >= 0.3 is 0 Å². The lowest BCUT2D eigenvalue weighted by Crippen LogP contribution is -2.45. The Morgan fingerprint density at radius 3 is 2.50 bits per heavy atom. The number of ether oxygens (including phenoxy) is 1. The molecule has 44 heavy (non-hydrogen) atoms. The lowest BCUT2D eigenvalue weighted by molar-refractivity contribution is 0.0648. The third kappa shape index (κ3) is 5.26. The van der Waals surface area contributed by atoms with Gasteiger partial charge in [0.1, 0.15) is 30.2 Å². The first kappa shape index (κ1) is 27.3. The summed E-state index contributed by atoms with van der Waals surface area (Å²) in [5.41, 5.74) is 6.73.